The summed E-state index contributed by atoms with van der Waals surface area (Å²) in [4.78, 5) is 87.7. The average molecular weight is 1950 g/mol. The van der Waals surface area contributed by atoms with Crippen LogP contribution in [0, 0.1) is 0 Å². The van der Waals surface area contributed by atoms with E-state index in [9.17, 15) is 24.0 Å². The molecule has 4 N–H and O–H groups in total. The van der Waals surface area contributed by atoms with Crippen molar-refractivity contribution < 1.29 is 24.0 Å². The van der Waals surface area contributed by atoms with Crippen LogP contribution in [0.3, 0.4) is 0 Å². The van der Waals surface area contributed by atoms with Crippen molar-refractivity contribution in [1.82, 2.24) is 50.7 Å². The van der Waals surface area contributed by atoms with E-state index in [1.807, 2.05) is 160 Å². The number of carbonyl (C=O) groups excluding carboxylic acids is 5. The summed E-state index contributed by atoms with van der Waals surface area (Å²) in [5, 5.41) is 18.9. The zero-order valence-electron chi connectivity index (χ0n) is 87.4. The van der Waals surface area contributed by atoms with E-state index in [4.69, 9.17) is 0 Å². The van der Waals surface area contributed by atoms with Crippen molar-refractivity contribution in [2.24, 2.45) is 0 Å². The van der Waals surface area contributed by atoms with Crippen molar-refractivity contribution >= 4 is 108 Å². The minimum Gasteiger partial charge on any atom is -0.339 e. The standard InChI is InChI=1S/C29H35N3O.2C26H31N3O.2C22H29N3O/c1-3-31(4-2)29(33)25-14-11-17-28(22-25)32(26-15-9-6-10-16-26)27-18-20-30(21-19-27)23-24-12-7-5-8-13-24;1-3-28(4-2)26(30)21-12-14-22(15-13-21)29(23-16-18-27-19-17-23)25-11-7-9-20-8-5-6-10-24(20)25;1-3-28(4-2)26(30)21-10-12-23(13-11-21)29(24-15-17-27-18-16-24)25-14-9-20-7-5-6-8-22(20)19-25;1-3-24(4-2)22(26)18-12-14-20(15-13-18)25(19-9-6-5-7-10-19)21-11-8-16-23-17-21;1-3-24(4-2)22(26)18-10-12-20(13-11-18)25(19-8-6-5-7-9-19)21-14-16-23-17-15-21/h5-17,22,27H,3-4,18-21,23H2,1-2H3;5-15,23,27H,3-4,16-19H2,1-2H3;5-14,19,24,27H,3-4,15-18H2,1-2H3;5-7,9-10,12-15,21,23H,3-4,8,11,16-17H2,1-2H3;5-13,21,23H,3-4,14-17H2,1-2H3. The lowest BCUT2D eigenvalue weighted by Crippen LogP contribution is -2.43. The third-order valence-electron chi connectivity index (χ3n) is 29.2. The van der Waals surface area contributed by atoms with E-state index in [0.29, 0.717) is 30.2 Å². The lowest BCUT2D eigenvalue weighted by atomic mass is 10.00. The summed E-state index contributed by atoms with van der Waals surface area (Å²) in [6.07, 6.45) is 11.2. The van der Waals surface area contributed by atoms with Gasteiger partial charge < -0.3 is 70.3 Å². The van der Waals surface area contributed by atoms with E-state index in [2.05, 4.69) is 312 Å². The second-order valence-electron chi connectivity index (χ2n) is 37.9. The molecule has 0 bridgehead atoms. The smallest absolute Gasteiger partial charge is 0.253 e. The van der Waals surface area contributed by atoms with Crippen molar-refractivity contribution in [1.29, 1.82) is 0 Å². The Labute approximate surface area is 863 Å². The quantitative estimate of drug-likeness (QED) is 0.0314. The van der Waals surface area contributed by atoms with Gasteiger partial charge in [-0.15, -0.1) is 0 Å². The number of hydrogen-bond donors (Lipinski definition) is 4. The number of piperidine rings is 5. The fraction of sp³-hybridized carbons (Fsp3) is 0.368. The number of amides is 5. The van der Waals surface area contributed by atoms with Crippen LogP contribution in [0.25, 0.3) is 21.5 Å². The van der Waals surface area contributed by atoms with Gasteiger partial charge in [-0.3, -0.25) is 28.9 Å². The summed E-state index contributed by atoms with van der Waals surface area (Å²) in [5.41, 5.74) is 16.9. The second-order valence-corrected chi connectivity index (χ2v) is 37.9. The van der Waals surface area contributed by atoms with Crippen molar-refractivity contribution in [3.05, 3.63) is 361 Å². The summed E-state index contributed by atoms with van der Waals surface area (Å²) >= 11 is 0. The second kappa shape index (κ2) is 55.6. The minimum absolute atomic E-state index is 0.102. The summed E-state index contributed by atoms with van der Waals surface area (Å²) in [5.74, 6) is 0.519. The van der Waals surface area contributed by atoms with E-state index in [-0.39, 0.29) is 29.5 Å². The fourth-order valence-electron chi connectivity index (χ4n) is 21.1. The maximum atomic E-state index is 13.0. The number of likely N-dealkylation sites (tertiary alicyclic amines) is 1. The highest BCUT2D eigenvalue weighted by Gasteiger charge is 2.32. The molecule has 1 unspecified atom stereocenters. The van der Waals surface area contributed by atoms with Crippen LogP contribution in [0.4, 0.5) is 56.9 Å². The summed E-state index contributed by atoms with van der Waals surface area (Å²) < 4.78 is 0. The highest BCUT2D eigenvalue weighted by atomic mass is 16.2. The first-order valence-electron chi connectivity index (χ1n) is 53.7. The Kier molecular flexibility index (Phi) is 41.1. The van der Waals surface area contributed by atoms with Gasteiger partial charge in [0, 0.05) is 212 Å². The number of rotatable bonds is 32. The molecule has 1 atom stereocenters. The van der Waals surface area contributed by atoms with E-state index in [1.165, 1.54) is 68.4 Å². The molecule has 0 aliphatic carbocycles. The normalized spacial score (nSPS) is 15.1. The monoisotopic (exact) mass is 1950 g/mol. The number of nitrogens with zero attached hydrogens (tertiary/aromatic N) is 11. The number of fused-ring (bicyclic) bond motifs is 2. The summed E-state index contributed by atoms with van der Waals surface area (Å²) in [6.45, 7) is 39.0. The molecule has 5 saturated heterocycles. The molecule has 0 saturated carbocycles. The maximum Gasteiger partial charge on any atom is 0.253 e. The molecule has 13 aromatic carbocycles. The predicted molar refractivity (Wildman–Crippen MR) is 605 cm³/mol. The number of carbonyl (C=O) groups is 5. The van der Waals surface area contributed by atoms with E-state index in [1.54, 1.807) is 0 Å². The molecule has 145 heavy (non-hydrogen) atoms. The Morgan fingerprint density at radius 3 is 0.931 bits per heavy atom. The van der Waals surface area contributed by atoms with Crippen molar-refractivity contribution in [3.63, 3.8) is 0 Å². The lowest BCUT2D eigenvalue weighted by molar-refractivity contribution is 0.0765. The van der Waals surface area contributed by atoms with Crippen LogP contribution in [0.15, 0.2) is 328 Å². The van der Waals surface area contributed by atoms with Gasteiger partial charge in [0.25, 0.3) is 29.5 Å². The fourth-order valence-corrected chi connectivity index (χ4v) is 21.1. The van der Waals surface area contributed by atoms with Gasteiger partial charge in [-0.1, -0.05) is 158 Å². The zero-order chi connectivity index (χ0) is 102. The first-order chi connectivity index (χ1) is 71.1. The van der Waals surface area contributed by atoms with Gasteiger partial charge in [-0.2, -0.15) is 0 Å². The predicted octanol–water partition coefficient (Wildman–Crippen LogP) is 24.5. The molecular formula is C125H155N15O5. The summed E-state index contributed by atoms with van der Waals surface area (Å²) in [7, 11) is 0. The van der Waals surface area contributed by atoms with Crippen LogP contribution in [0.5, 0.6) is 0 Å². The van der Waals surface area contributed by atoms with Crippen LogP contribution in [0.1, 0.15) is 191 Å². The Balaban J connectivity index is 0.000000144. The van der Waals surface area contributed by atoms with Gasteiger partial charge in [0.1, 0.15) is 0 Å². The zero-order valence-corrected chi connectivity index (χ0v) is 87.4. The highest BCUT2D eigenvalue weighted by Crippen LogP contribution is 2.41. The van der Waals surface area contributed by atoms with E-state index >= 15 is 0 Å². The van der Waals surface area contributed by atoms with Crippen LogP contribution in [-0.2, 0) is 6.54 Å². The Morgan fingerprint density at radius 1 is 0.241 bits per heavy atom. The Hall–Kier alpha value is -13.5. The third-order valence-corrected chi connectivity index (χ3v) is 29.2. The first-order valence-corrected chi connectivity index (χ1v) is 53.7. The maximum absolute atomic E-state index is 13.0. The lowest BCUT2D eigenvalue weighted by Gasteiger charge is -2.40. The van der Waals surface area contributed by atoms with Gasteiger partial charge in [-0.25, -0.2) is 0 Å². The largest absolute Gasteiger partial charge is 0.339 e. The molecule has 13 aromatic rings. The molecule has 5 aliphatic heterocycles. The molecule has 20 nitrogen and oxygen atoms in total. The molecular weight excluding hydrogens is 1790 g/mol. The minimum atomic E-state index is 0.102. The van der Waals surface area contributed by atoms with Crippen molar-refractivity contribution in [2.75, 3.05) is 155 Å². The van der Waals surface area contributed by atoms with Gasteiger partial charge in [0.2, 0.25) is 0 Å². The van der Waals surface area contributed by atoms with Crippen LogP contribution < -0.4 is 45.8 Å². The molecule has 5 amide bonds. The van der Waals surface area contributed by atoms with Gasteiger partial charge in [0.05, 0.1) is 0 Å². The van der Waals surface area contributed by atoms with Gasteiger partial charge in [0.15, 0.2) is 0 Å². The number of benzene rings is 13. The van der Waals surface area contributed by atoms with E-state index in [0.717, 1.165) is 245 Å². The Morgan fingerprint density at radius 2 is 0.538 bits per heavy atom. The van der Waals surface area contributed by atoms with Gasteiger partial charge >= 0.3 is 0 Å². The molecule has 20 heteroatoms. The Bertz CT molecular complexity index is 5960. The molecule has 5 aliphatic rings. The van der Waals surface area contributed by atoms with Crippen molar-refractivity contribution in [2.45, 2.75) is 170 Å². The van der Waals surface area contributed by atoms with Crippen molar-refractivity contribution in [3.8, 4) is 0 Å². The number of nitrogens with one attached hydrogen (secondary N) is 4. The molecule has 18 rings (SSSR count). The highest BCUT2D eigenvalue weighted by molar-refractivity contribution is 6.00. The number of hydrogen-bond acceptors (Lipinski definition) is 15. The topological polar surface area (TPSA) is 169 Å². The van der Waals surface area contributed by atoms with Crippen LogP contribution in [0.2, 0.25) is 0 Å². The molecule has 0 spiro atoms. The number of para-hydroxylation sites is 3. The summed E-state index contributed by atoms with van der Waals surface area (Å²) in [6, 6.07) is 116. The molecule has 5 heterocycles. The molecule has 0 radical (unpaired) electrons. The average Bonchev–Trinajstić information content (AvgIpc) is 0.786. The first kappa shape index (κ1) is 107. The van der Waals surface area contributed by atoms with Crippen LogP contribution >= 0.6 is 0 Å². The SMILES string of the molecule is CCN(CC)C(=O)c1ccc(N(c2ccc3ccccc3c2)C2CCNCC2)cc1.CCN(CC)C(=O)c1ccc(N(c2cccc3ccccc23)C2CCNCC2)cc1.CCN(CC)C(=O)c1ccc(N(c2ccccc2)C2CCCNC2)cc1.CCN(CC)C(=O)c1ccc(N(c2ccccc2)C2CCNCC2)cc1.CCN(CC)C(=O)c1cccc(N(c2ccccc2)C2CCN(Cc3ccccc3)CC2)c1. The van der Waals surface area contributed by atoms with Gasteiger partial charge in [-0.05, 0) is 371 Å². The third kappa shape index (κ3) is 28.4. The van der Waals surface area contributed by atoms with E-state index < -0.39 is 0 Å². The molecule has 760 valence electrons. The molecule has 5 fully saturated rings. The molecule has 0 aromatic heterocycles. The van der Waals surface area contributed by atoms with Crippen LogP contribution in [-0.4, -0.2) is 220 Å². The number of anilines is 10.